The minimum Gasteiger partial charge on any atom is -0.337 e. The summed E-state index contributed by atoms with van der Waals surface area (Å²) in [5, 5.41) is 3.59. The van der Waals surface area contributed by atoms with Crippen molar-refractivity contribution in [3.05, 3.63) is 107 Å². The number of nitrogens with zero attached hydrogens (tertiary/aromatic N) is 5. The summed E-state index contributed by atoms with van der Waals surface area (Å²) in [6, 6.07) is 16.9. The molecule has 1 fully saturated rings. The van der Waals surface area contributed by atoms with E-state index in [0.29, 0.717) is 30.0 Å². The quantitative estimate of drug-likeness (QED) is 0.187. The normalized spacial score (nSPS) is 14.9. The highest BCUT2D eigenvalue weighted by Crippen LogP contribution is 2.33. The fourth-order valence-electron chi connectivity index (χ4n) is 5.78. The van der Waals surface area contributed by atoms with Crippen LogP contribution >= 0.6 is 11.6 Å². The van der Waals surface area contributed by atoms with Gasteiger partial charge in [-0.15, -0.1) is 0 Å². The molecular formula is C33H27ClF2N8O3S. The number of benzene rings is 3. The number of carbonyl (C=O) groups is 1. The van der Waals surface area contributed by atoms with E-state index in [0.717, 1.165) is 29.5 Å². The van der Waals surface area contributed by atoms with Crippen LogP contribution in [0, 0.1) is 18.6 Å². The van der Waals surface area contributed by atoms with Crippen LogP contribution in [-0.4, -0.2) is 57.9 Å². The van der Waals surface area contributed by atoms with Gasteiger partial charge in [0.15, 0.2) is 11.6 Å². The van der Waals surface area contributed by atoms with Crippen LogP contribution in [0.2, 0.25) is 5.02 Å². The van der Waals surface area contributed by atoms with Gasteiger partial charge in [-0.1, -0.05) is 35.9 Å². The summed E-state index contributed by atoms with van der Waals surface area (Å²) < 4.78 is 61.2. The number of rotatable bonds is 7. The highest BCUT2D eigenvalue weighted by Gasteiger charge is 2.28. The number of sulfonamides is 1. The summed E-state index contributed by atoms with van der Waals surface area (Å²) in [6.45, 7) is 2.55. The maximum Gasteiger partial charge on any atom is 0.262 e. The molecule has 0 aliphatic carbocycles. The molecule has 11 nitrogen and oxygen atoms in total. The number of hydrogen-bond acceptors (Lipinski definition) is 8. The Labute approximate surface area is 278 Å². The molecule has 0 saturated carbocycles. The third kappa shape index (κ3) is 5.57. The zero-order valence-electron chi connectivity index (χ0n) is 25.3. The predicted octanol–water partition coefficient (Wildman–Crippen LogP) is 5.93. The van der Waals surface area contributed by atoms with Crippen molar-refractivity contribution in [1.29, 1.82) is 0 Å². The summed E-state index contributed by atoms with van der Waals surface area (Å²) >= 11 is 6.10. The van der Waals surface area contributed by atoms with Crippen molar-refractivity contribution >= 4 is 66.7 Å². The molecule has 1 saturated heterocycles. The zero-order chi connectivity index (χ0) is 33.7. The second kappa shape index (κ2) is 12.1. The second-order valence-electron chi connectivity index (χ2n) is 11.4. The lowest BCUT2D eigenvalue weighted by molar-refractivity contribution is 0.0792. The van der Waals surface area contributed by atoms with Crippen molar-refractivity contribution in [3.8, 4) is 5.82 Å². The molecule has 0 spiro atoms. The van der Waals surface area contributed by atoms with Crippen molar-refractivity contribution in [1.82, 2.24) is 24.4 Å². The first-order valence-electron chi connectivity index (χ1n) is 14.8. The van der Waals surface area contributed by atoms with Crippen molar-refractivity contribution in [2.24, 2.45) is 5.73 Å². The number of nitrogens with two attached hydrogens (primary N) is 1. The van der Waals surface area contributed by atoms with Crippen LogP contribution < -0.4 is 15.8 Å². The maximum absolute atomic E-state index is 15.8. The van der Waals surface area contributed by atoms with Crippen molar-refractivity contribution < 1.29 is 22.0 Å². The molecule has 1 aliphatic heterocycles. The summed E-state index contributed by atoms with van der Waals surface area (Å²) in [5.74, 6) is -1.99. The lowest BCUT2D eigenvalue weighted by atomic mass is 10.1. The van der Waals surface area contributed by atoms with E-state index in [2.05, 4.69) is 20.0 Å². The van der Waals surface area contributed by atoms with E-state index in [1.807, 2.05) is 24.3 Å². The molecule has 0 radical (unpaired) electrons. The van der Waals surface area contributed by atoms with Crippen LogP contribution in [0.25, 0.3) is 27.8 Å². The monoisotopic (exact) mass is 688 g/mol. The van der Waals surface area contributed by atoms with Crippen LogP contribution in [0.4, 0.5) is 26.0 Å². The van der Waals surface area contributed by atoms with Gasteiger partial charge in [-0.3, -0.25) is 9.52 Å². The Balaban J connectivity index is 1.26. The lowest BCUT2D eigenvalue weighted by Crippen LogP contribution is -2.31. The number of para-hydroxylation sites is 1. The first kappa shape index (κ1) is 31.4. The molecule has 48 heavy (non-hydrogen) atoms. The number of anilines is 3. The smallest absolute Gasteiger partial charge is 0.262 e. The van der Waals surface area contributed by atoms with Crippen molar-refractivity contribution in [2.75, 3.05) is 23.1 Å². The van der Waals surface area contributed by atoms with Gasteiger partial charge >= 0.3 is 0 Å². The molecule has 0 unspecified atom stereocenters. The van der Waals surface area contributed by atoms with Gasteiger partial charge < -0.3 is 20.5 Å². The van der Waals surface area contributed by atoms with Crippen LogP contribution in [0.3, 0.4) is 0 Å². The molecule has 3 aromatic carbocycles. The SMILES string of the molecule is Cc1c(Cl)cccc1S(=O)(=O)Nc1ccc(F)c(Nc2ncnc3ccc(-n4cc(C(=O)N5CC[C@@H](N)C5)c5ccccc54)nc23)c1F. The van der Waals surface area contributed by atoms with Crippen molar-refractivity contribution in [2.45, 2.75) is 24.3 Å². The summed E-state index contributed by atoms with van der Waals surface area (Å²) in [5.41, 5.74) is 6.91. The Bertz CT molecular complexity index is 2370. The molecule has 4 N–H and O–H groups in total. The van der Waals surface area contributed by atoms with Gasteiger partial charge in [0.2, 0.25) is 0 Å². The molecule has 15 heteroatoms. The first-order valence-corrected chi connectivity index (χ1v) is 16.7. The molecule has 244 valence electrons. The Morgan fingerprint density at radius 3 is 2.65 bits per heavy atom. The van der Waals surface area contributed by atoms with E-state index in [1.165, 1.54) is 31.5 Å². The van der Waals surface area contributed by atoms with E-state index in [9.17, 15) is 13.2 Å². The molecular weight excluding hydrogens is 662 g/mol. The van der Waals surface area contributed by atoms with Gasteiger partial charge in [0.05, 0.1) is 27.2 Å². The van der Waals surface area contributed by atoms with E-state index < -0.39 is 33.0 Å². The number of fused-ring (bicyclic) bond motifs is 2. The average molecular weight is 689 g/mol. The Hall–Kier alpha value is -5.18. The number of aromatic nitrogens is 4. The van der Waals surface area contributed by atoms with Crippen LogP contribution in [0.1, 0.15) is 22.3 Å². The summed E-state index contributed by atoms with van der Waals surface area (Å²) in [4.78, 5) is 28.2. The van der Waals surface area contributed by atoms with Gasteiger partial charge in [-0.05, 0) is 61.4 Å². The molecule has 1 amide bonds. The Morgan fingerprint density at radius 2 is 1.85 bits per heavy atom. The number of likely N-dealkylation sites (tertiary alicyclic amines) is 1. The molecule has 6 aromatic rings. The lowest BCUT2D eigenvalue weighted by Gasteiger charge is -2.15. The Kier molecular flexibility index (Phi) is 7.93. The largest absolute Gasteiger partial charge is 0.337 e. The molecule has 7 rings (SSSR count). The van der Waals surface area contributed by atoms with Crippen LogP contribution in [0.5, 0.6) is 0 Å². The highest BCUT2D eigenvalue weighted by molar-refractivity contribution is 7.92. The van der Waals surface area contributed by atoms with E-state index in [4.69, 9.17) is 22.3 Å². The van der Waals surface area contributed by atoms with Gasteiger partial charge in [0, 0.05) is 35.7 Å². The van der Waals surface area contributed by atoms with Gasteiger partial charge in [-0.2, -0.15) is 0 Å². The van der Waals surface area contributed by atoms with Gasteiger partial charge in [-0.25, -0.2) is 32.2 Å². The van der Waals surface area contributed by atoms with Gasteiger partial charge in [0.1, 0.15) is 29.2 Å². The molecule has 3 aromatic heterocycles. The number of halogens is 3. The minimum atomic E-state index is -4.29. The maximum atomic E-state index is 15.8. The fourth-order valence-corrected chi connectivity index (χ4v) is 7.34. The second-order valence-corrected chi connectivity index (χ2v) is 13.4. The molecule has 4 heterocycles. The summed E-state index contributed by atoms with van der Waals surface area (Å²) in [7, 11) is -4.29. The number of pyridine rings is 1. The summed E-state index contributed by atoms with van der Waals surface area (Å²) in [6.07, 6.45) is 3.64. The fraction of sp³-hybridized carbons (Fsp3) is 0.152. The molecule has 1 aliphatic rings. The third-order valence-corrected chi connectivity index (χ3v) is 10.2. The van der Waals surface area contributed by atoms with E-state index in [-0.39, 0.29) is 38.8 Å². The number of carbonyl (C=O) groups excluding carboxylic acids is 1. The minimum absolute atomic E-state index is 0.0378. The predicted molar refractivity (Wildman–Crippen MR) is 179 cm³/mol. The topological polar surface area (TPSA) is 148 Å². The van der Waals surface area contributed by atoms with Gasteiger partial charge in [0.25, 0.3) is 15.9 Å². The standard InChI is InChI=1S/C33H27ClF2N8O3S/c1-18-22(34)6-4-8-27(18)48(46,47)42-24-10-9-23(35)30(29(24)36)41-32-31-25(38-17-39-32)11-12-28(40-31)44-16-21(20-5-2-3-7-26(20)44)33(45)43-14-13-19(37)15-43/h2-12,16-17,19,42H,13-15,37H2,1H3,(H,38,39,41)/t19-/m1/s1. The number of hydrogen-bond donors (Lipinski definition) is 3. The van der Waals surface area contributed by atoms with Crippen LogP contribution in [-0.2, 0) is 10.0 Å². The average Bonchev–Trinajstić information content (AvgIpc) is 3.69. The molecule has 0 bridgehead atoms. The third-order valence-electron chi connectivity index (χ3n) is 8.25. The highest BCUT2D eigenvalue weighted by atomic mass is 35.5. The first-order chi connectivity index (χ1) is 23.0. The van der Waals surface area contributed by atoms with Crippen molar-refractivity contribution in [3.63, 3.8) is 0 Å². The van der Waals surface area contributed by atoms with Crippen LogP contribution in [0.15, 0.2) is 84.1 Å². The zero-order valence-corrected chi connectivity index (χ0v) is 26.9. The number of nitrogens with one attached hydrogen (secondary N) is 2. The number of amides is 1. The van der Waals surface area contributed by atoms with E-state index >= 15 is 8.78 Å². The molecule has 1 atom stereocenters. The Morgan fingerprint density at radius 1 is 1.04 bits per heavy atom. The van der Waals surface area contributed by atoms with E-state index in [1.54, 1.807) is 27.8 Å².